The molecule has 4 rings (SSSR count). The second kappa shape index (κ2) is 10.9. The van der Waals surface area contributed by atoms with Crippen molar-refractivity contribution in [1.29, 1.82) is 0 Å². The van der Waals surface area contributed by atoms with Gasteiger partial charge in [-0.2, -0.15) is 0 Å². The zero-order chi connectivity index (χ0) is 23.3. The van der Waals surface area contributed by atoms with Gasteiger partial charge in [-0.15, -0.1) is 0 Å². The van der Waals surface area contributed by atoms with Crippen LogP contribution in [0.2, 0.25) is 5.02 Å². The number of nitrogens with one attached hydrogen (secondary N) is 2. The molecule has 0 unspecified atom stereocenters. The van der Waals surface area contributed by atoms with Crippen LogP contribution >= 0.6 is 27.5 Å². The average Bonchev–Trinajstić information content (AvgIpc) is 3.23. The number of quaternary nitrogens is 1. The summed E-state index contributed by atoms with van der Waals surface area (Å²) in [6.45, 7) is 5.30. The van der Waals surface area contributed by atoms with Crippen molar-refractivity contribution in [3.63, 3.8) is 0 Å². The summed E-state index contributed by atoms with van der Waals surface area (Å²) in [6, 6.07) is 12.0. The maximum absolute atomic E-state index is 6.19. The van der Waals surface area contributed by atoms with Crippen molar-refractivity contribution in [2.24, 2.45) is 5.92 Å². The maximum Gasteiger partial charge on any atom is 0.124 e. The molecule has 2 aromatic carbocycles. The Morgan fingerprint density at radius 3 is 2.58 bits per heavy atom. The van der Waals surface area contributed by atoms with Gasteiger partial charge in [0.05, 0.1) is 33.6 Å². The fraction of sp³-hybridized carbons (Fsp3) is 0.400. The Morgan fingerprint density at radius 1 is 1.12 bits per heavy atom. The summed E-state index contributed by atoms with van der Waals surface area (Å²) in [7, 11) is 4.57. The number of aromatic nitrogens is 2. The van der Waals surface area contributed by atoms with E-state index in [1.807, 2.05) is 30.5 Å². The molecule has 8 heteroatoms. The third-order valence-electron chi connectivity index (χ3n) is 5.77. The first-order valence-corrected chi connectivity index (χ1v) is 12.4. The number of imidazole rings is 1. The van der Waals surface area contributed by atoms with Crippen molar-refractivity contribution in [3.05, 3.63) is 75.2 Å². The van der Waals surface area contributed by atoms with Gasteiger partial charge in [-0.1, -0.05) is 33.6 Å². The highest BCUT2D eigenvalue weighted by atomic mass is 79.9. The Bertz CT molecular complexity index is 1050. The normalized spacial score (nSPS) is 14.2. The van der Waals surface area contributed by atoms with Crippen molar-refractivity contribution in [2.75, 3.05) is 40.3 Å². The quantitative estimate of drug-likeness (QED) is 0.346. The molecule has 0 radical (unpaired) electrons. The van der Waals surface area contributed by atoms with Gasteiger partial charge in [-0.25, -0.2) is 4.98 Å². The molecule has 2 heterocycles. The standard InChI is InChI=1S/C25H31BrClN4O2/c1-31(2,15-19-11-28-12-19)14-18-7-23(32-6-5-22-13-29-17-30-22)10-24(8-18)33-16-20-3-4-21(27)9-25(20)26/h3-4,7-10,13,17,19,28H,5-6,11-12,14-16H2,1-2H3,(H,29,30)/q+1. The molecule has 1 aliphatic rings. The Hall–Kier alpha value is -2.06. The van der Waals surface area contributed by atoms with E-state index in [4.69, 9.17) is 21.1 Å². The van der Waals surface area contributed by atoms with Crippen LogP contribution in [0, 0.1) is 5.92 Å². The van der Waals surface area contributed by atoms with E-state index < -0.39 is 0 Å². The van der Waals surface area contributed by atoms with Gasteiger partial charge in [0.1, 0.15) is 24.7 Å². The van der Waals surface area contributed by atoms with Gasteiger partial charge in [0.25, 0.3) is 0 Å². The molecule has 1 saturated heterocycles. The van der Waals surface area contributed by atoms with Gasteiger partial charge in [0.2, 0.25) is 0 Å². The number of H-pyrrole nitrogens is 1. The van der Waals surface area contributed by atoms with Crippen LogP contribution in [0.4, 0.5) is 0 Å². The molecule has 2 N–H and O–H groups in total. The molecule has 1 aliphatic heterocycles. The van der Waals surface area contributed by atoms with Gasteiger partial charge < -0.3 is 24.3 Å². The van der Waals surface area contributed by atoms with E-state index in [-0.39, 0.29) is 0 Å². The zero-order valence-corrected chi connectivity index (χ0v) is 21.5. The van der Waals surface area contributed by atoms with Crippen molar-refractivity contribution in [1.82, 2.24) is 15.3 Å². The van der Waals surface area contributed by atoms with Gasteiger partial charge in [0.15, 0.2) is 0 Å². The predicted octanol–water partition coefficient (Wildman–Crippen LogP) is 4.82. The Balaban J connectivity index is 1.47. The SMILES string of the molecule is C[N+](C)(Cc1cc(OCCc2cnc[nH]2)cc(OCc2ccc(Cl)cc2Br)c1)CC1CNC1. The number of rotatable bonds is 11. The molecule has 0 spiro atoms. The summed E-state index contributed by atoms with van der Waals surface area (Å²) in [5.41, 5.74) is 3.30. The van der Waals surface area contributed by atoms with Crippen LogP contribution in [0.3, 0.4) is 0 Å². The van der Waals surface area contributed by atoms with E-state index in [1.165, 1.54) is 5.56 Å². The van der Waals surface area contributed by atoms with Crippen LogP contribution in [-0.2, 0) is 19.6 Å². The lowest BCUT2D eigenvalue weighted by atomic mass is 10.0. The number of ether oxygens (including phenoxy) is 2. The van der Waals surface area contributed by atoms with E-state index in [0.29, 0.717) is 18.2 Å². The van der Waals surface area contributed by atoms with Crippen LogP contribution in [0.5, 0.6) is 11.5 Å². The second-order valence-electron chi connectivity index (χ2n) is 9.31. The Morgan fingerprint density at radius 2 is 1.91 bits per heavy atom. The monoisotopic (exact) mass is 533 g/mol. The molecule has 0 atom stereocenters. The van der Waals surface area contributed by atoms with Crippen molar-refractivity contribution < 1.29 is 14.0 Å². The lowest BCUT2D eigenvalue weighted by Crippen LogP contribution is -2.53. The van der Waals surface area contributed by atoms with E-state index in [0.717, 1.165) is 70.2 Å². The first kappa shape index (κ1) is 24.1. The number of nitrogens with zero attached hydrogens (tertiary/aromatic N) is 2. The fourth-order valence-corrected chi connectivity index (χ4v) is 4.92. The molecule has 3 aromatic rings. The first-order valence-electron chi connectivity index (χ1n) is 11.2. The highest BCUT2D eigenvalue weighted by Crippen LogP contribution is 2.28. The highest BCUT2D eigenvalue weighted by molar-refractivity contribution is 9.10. The minimum Gasteiger partial charge on any atom is -0.493 e. The van der Waals surface area contributed by atoms with Gasteiger partial charge in [-0.3, -0.25) is 0 Å². The highest BCUT2D eigenvalue weighted by Gasteiger charge is 2.27. The van der Waals surface area contributed by atoms with Crippen LogP contribution in [0.1, 0.15) is 16.8 Å². The predicted molar refractivity (Wildman–Crippen MR) is 135 cm³/mol. The number of hydrogen-bond donors (Lipinski definition) is 2. The van der Waals surface area contributed by atoms with Gasteiger partial charge >= 0.3 is 0 Å². The first-order chi connectivity index (χ1) is 15.9. The van der Waals surface area contributed by atoms with Crippen LogP contribution < -0.4 is 14.8 Å². The molecule has 1 fully saturated rings. The summed E-state index contributed by atoms with van der Waals surface area (Å²) in [4.78, 5) is 7.18. The van der Waals surface area contributed by atoms with E-state index in [2.05, 4.69) is 57.4 Å². The minimum atomic E-state index is 0.445. The minimum absolute atomic E-state index is 0.445. The van der Waals surface area contributed by atoms with Crippen molar-refractivity contribution in [3.8, 4) is 11.5 Å². The van der Waals surface area contributed by atoms with E-state index in [9.17, 15) is 0 Å². The third kappa shape index (κ3) is 7.21. The van der Waals surface area contributed by atoms with Crippen LogP contribution in [-0.4, -0.2) is 54.8 Å². The third-order valence-corrected chi connectivity index (χ3v) is 6.75. The molecular weight excluding hydrogens is 504 g/mol. The van der Waals surface area contributed by atoms with Crippen LogP contribution in [0.15, 0.2) is 53.4 Å². The molecule has 0 aliphatic carbocycles. The lowest BCUT2D eigenvalue weighted by molar-refractivity contribution is -0.907. The summed E-state index contributed by atoms with van der Waals surface area (Å²) in [5.74, 6) is 2.37. The molecule has 6 nitrogen and oxygen atoms in total. The number of benzene rings is 2. The molecule has 33 heavy (non-hydrogen) atoms. The van der Waals surface area contributed by atoms with Crippen molar-refractivity contribution >= 4 is 27.5 Å². The summed E-state index contributed by atoms with van der Waals surface area (Å²) in [6.07, 6.45) is 4.29. The largest absolute Gasteiger partial charge is 0.493 e. The average molecular weight is 535 g/mol. The van der Waals surface area contributed by atoms with E-state index >= 15 is 0 Å². The topological polar surface area (TPSA) is 59.2 Å². The summed E-state index contributed by atoms with van der Waals surface area (Å²) < 4.78 is 14.2. The molecular formula is C25H31BrClN4O2+. The summed E-state index contributed by atoms with van der Waals surface area (Å²) >= 11 is 9.65. The van der Waals surface area contributed by atoms with Gasteiger partial charge in [-0.05, 0) is 24.3 Å². The number of hydrogen-bond acceptors (Lipinski definition) is 4. The Kier molecular flexibility index (Phi) is 7.96. The van der Waals surface area contributed by atoms with Gasteiger partial charge in [0, 0.05) is 64.0 Å². The van der Waals surface area contributed by atoms with E-state index in [1.54, 1.807) is 6.33 Å². The van der Waals surface area contributed by atoms with Crippen molar-refractivity contribution in [2.45, 2.75) is 19.6 Å². The lowest BCUT2D eigenvalue weighted by Gasteiger charge is -2.37. The molecule has 1 aromatic heterocycles. The van der Waals surface area contributed by atoms with Crippen LogP contribution in [0.25, 0.3) is 0 Å². The zero-order valence-electron chi connectivity index (χ0n) is 19.1. The number of halogens is 2. The fourth-order valence-electron chi connectivity index (χ4n) is 4.12. The Labute approximate surface area is 209 Å². The maximum atomic E-state index is 6.19. The molecule has 0 amide bonds. The summed E-state index contributed by atoms with van der Waals surface area (Å²) in [5, 5.41) is 4.07. The smallest absolute Gasteiger partial charge is 0.124 e. The molecule has 0 bridgehead atoms. The second-order valence-corrected chi connectivity index (χ2v) is 10.6. The molecule has 176 valence electrons. The molecule has 0 saturated carbocycles. The number of aromatic amines is 1.